The van der Waals surface area contributed by atoms with Gasteiger partial charge in [-0.15, -0.1) is 0 Å². The number of nitrogens with zero attached hydrogens (tertiary/aromatic N) is 2. The van der Waals surface area contributed by atoms with Gasteiger partial charge in [-0.25, -0.2) is 8.42 Å². The van der Waals surface area contributed by atoms with Crippen molar-refractivity contribution in [1.82, 2.24) is 4.90 Å². The molecule has 0 heterocycles. The average Bonchev–Trinajstić information content (AvgIpc) is 2.60. The highest BCUT2D eigenvalue weighted by Crippen LogP contribution is 2.23. The Bertz CT molecular complexity index is 863. The highest BCUT2D eigenvalue weighted by molar-refractivity contribution is 7.92. The predicted octanol–water partition coefficient (Wildman–Crippen LogP) is 2.43. The van der Waals surface area contributed by atoms with E-state index >= 15 is 0 Å². The van der Waals surface area contributed by atoms with Gasteiger partial charge in [0.25, 0.3) is 0 Å². The van der Waals surface area contributed by atoms with E-state index in [4.69, 9.17) is 4.74 Å². The molecular formula is C19H24N2O4S. The minimum atomic E-state index is -3.62. The van der Waals surface area contributed by atoms with Gasteiger partial charge in [0.15, 0.2) is 0 Å². The first-order chi connectivity index (χ1) is 12.2. The van der Waals surface area contributed by atoms with Crippen molar-refractivity contribution in [2.24, 2.45) is 0 Å². The largest absolute Gasteiger partial charge is 0.497 e. The number of aryl methyl sites for hydroxylation is 1. The molecule has 0 N–H and O–H groups in total. The van der Waals surface area contributed by atoms with Gasteiger partial charge in [0.2, 0.25) is 15.9 Å². The number of hydrogen-bond donors (Lipinski definition) is 0. The van der Waals surface area contributed by atoms with E-state index in [0.717, 1.165) is 21.7 Å². The summed E-state index contributed by atoms with van der Waals surface area (Å²) in [6.07, 6.45) is 1.08. The molecule has 0 bridgehead atoms. The van der Waals surface area contributed by atoms with Crippen molar-refractivity contribution >= 4 is 21.6 Å². The number of hydrogen-bond acceptors (Lipinski definition) is 4. The SMILES string of the molecule is COc1cccc(N(CC(=O)N(C)Cc2ccc(C)cc2)S(C)(=O)=O)c1. The molecule has 2 aromatic carbocycles. The standard InChI is InChI=1S/C19H24N2O4S/c1-15-8-10-16(11-9-15)13-20(2)19(22)14-21(26(4,23)24)17-6-5-7-18(12-17)25-3/h5-12H,13-14H2,1-4H3. The first kappa shape index (κ1) is 19.8. The van der Waals surface area contributed by atoms with Crippen molar-refractivity contribution in [3.63, 3.8) is 0 Å². The second kappa shape index (κ2) is 8.23. The van der Waals surface area contributed by atoms with E-state index in [1.807, 2.05) is 31.2 Å². The van der Waals surface area contributed by atoms with Gasteiger partial charge in [-0.3, -0.25) is 9.10 Å². The number of benzene rings is 2. The van der Waals surface area contributed by atoms with Gasteiger partial charge in [0.1, 0.15) is 12.3 Å². The van der Waals surface area contributed by atoms with Gasteiger partial charge < -0.3 is 9.64 Å². The van der Waals surface area contributed by atoms with Crippen LogP contribution in [0.15, 0.2) is 48.5 Å². The topological polar surface area (TPSA) is 66.9 Å². The second-order valence-corrected chi connectivity index (χ2v) is 8.11. The van der Waals surface area contributed by atoms with E-state index in [1.165, 1.54) is 12.0 Å². The summed E-state index contributed by atoms with van der Waals surface area (Å²) < 4.78 is 30.6. The fourth-order valence-electron chi connectivity index (χ4n) is 2.46. The van der Waals surface area contributed by atoms with E-state index in [9.17, 15) is 13.2 Å². The predicted molar refractivity (Wildman–Crippen MR) is 103 cm³/mol. The van der Waals surface area contributed by atoms with Crippen molar-refractivity contribution in [1.29, 1.82) is 0 Å². The summed E-state index contributed by atoms with van der Waals surface area (Å²) in [6, 6.07) is 14.5. The number of rotatable bonds is 7. The molecule has 6 nitrogen and oxygen atoms in total. The number of likely N-dealkylation sites (N-methyl/N-ethyl adjacent to an activating group) is 1. The lowest BCUT2D eigenvalue weighted by Crippen LogP contribution is -2.41. The van der Waals surface area contributed by atoms with E-state index in [1.54, 1.807) is 31.3 Å². The molecular weight excluding hydrogens is 352 g/mol. The maximum atomic E-state index is 12.6. The summed E-state index contributed by atoms with van der Waals surface area (Å²) >= 11 is 0. The van der Waals surface area contributed by atoms with Crippen LogP contribution in [0.3, 0.4) is 0 Å². The molecule has 0 aliphatic rings. The van der Waals surface area contributed by atoms with Crippen molar-refractivity contribution in [3.05, 3.63) is 59.7 Å². The minimum Gasteiger partial charge on any atom is -0.497 e. The Labute approximate surface area is 155 Å². The smallest absolute Gasteiger partial charge is 0.243 e. The molecule has 0 aliphatic carbocycles. The van der Waals surface area contributed by atoms with Gasteiger partial charge >= 0.3 is 0 Å². The molecule has 0 unspecified atom stereocenters. The van der Waals surface area contributed by atoms with Crippen molar-refractivity contribution in [2.45, 2.75) is 13.5 Å². The van der Waals surface area contributed by atoms with E-state index in [-0.39, 0.29) is 12.5 Å². The molecule has 0 fully saturated rings. The van der Waals surface area contributed by atoms with Crippen LogP contribution < -0.4 is 9.04 Å². The van der Waals surface area contributed by atoms with E-state index < -0.39 is 10.0 Å². The Morgan fingerprint density at radius 1 is 1.12 bits per heavy atom. The Morgan fingerprint density at radius 2 is 1.77 bits per heavy atom. The monoisotopic (exact) mass is 376 g/mol. The Hall–Kier alpha value is -2.54. The van der Waals surface area contributed by atoms with Gasteiger partial charge in [-0.05, 0) is 24.6 Å². The molecule has 7 heteroatoms. The summed E-state index contributed by atoms with van der Waals surface area (Å²) in [5.74, 6) is 0.232. The van der Waals surface area contributed by atoms with Crippen LogP contribution in [-0.4, -0.2) is 46.2 Å². The van der Waals surface area contributed by atoms with E-state index in [0.29, 0.717) is 18.0 Å². The third kappa shape index (κ3) is 5.23. The second-order valence-electron chi connectivity index (χ2n) is 6.21. The van der Waals surface area contributed by atoms with Crippen LogP contribution in [-0.2, 0) is 21.4 Å². The lowest BCUT2D eigenvalue weighted by atomic mass is 10.1. The van der Waals surface area contributed by atoms with Crippen molar-refractivity contribution in [3.8, 4) is 5.75 Å². The molecule has 2 rings (SSSR count). The lowest BCUT2D eigenvalue weighted by Gasteiger charge is -2.25. The fraction of sp³-hybridized carbons (Fsp3) is 0.316. The number of methoxy groups -OCH3 is 1. The van der Waals surface area contributed by atoms with Crippen LogP contribution in [0.4, 0.5) is 5.69 Å². The molecule has 0 aliphatic heterocycles. The Balaban J connectivity index is 2.17. The normalized spacial score (nSPS) is 11.1. The summed E-state index contributed by atoms with van der Waals surface area (Å²) in [6.45, 7) is 2.14. The van der Waals surface area contributed by atoms with Crippen LogP contribution in [0.1, 0.15) is 11.1 Å². The van der Waals surface area contributed by atoms with Gasteiger partial charge in [0.05, 0.1) is 19.1 Å². The molecule has 0 saturated carbocycles. The maximum Gasteiger partial charge on any atom is 0.243 e. The quantitative estimate of drug-likeness (QED) is 0.744. The molecule has 140 valence electrons. The summed E-state index contributed by atoms with van der Waals surface area (Å²) in [7, 11) is -0.454. The molecule has 0 saturated heterocycles. The zero-order valence-electron chi connectivity index (χ0n) is 15.5. The molecule has 0 aromatic heterocycles. The number of carbonyl (C=O) groups is 1. The van der Waals surface area contributed by atoms with Crippen molar-refractivity contribution < 1.29 is 17.9 Å². The Kier molecular flexibility index (Phi) is 6.26. The van der Waals surface area contributed by atoms with Crippen LogP contribution in [0.5, 0.6) is 5.75 Å². The fourth-order valence-corrected chi connectivity index (χ4v) is 3.31. The van der Waals surface area contributed by atoms with Gasteiger partial charge in [-0.1, -0.05) is 35.9 Å². The summed E-state index contributed by atoms with van der Waals surface area (Å²) in [4.78, 5) is 14.1. The number of sulfonamides is 1. The average molecular weight is 376 g/mol. The first-order valence-electron chi connectivity index (χ1n) is 8.12. The van der Waals surface area contributed by atoms with Gasteiger partial charge in [0, 0.05) is 19.7 Å². The minimum absolute atomic E-state index is 0.269. The number of amides is 1. The molecule has 1 amide bonds. The third-order valence-corrected chi connectivity index (χ3v) is 5.13. The zero-order valence-corrected chi connectivity index (χ0v) is 16.3. The van der Waals surface area contributed by atoms with Crippen LogP contribution >= 0.6 is 0 Å². The third-order valence-electron chi connectivity index (χ3n) is 3.99. The van der Waals surface area contributed by atoms with Crippen LogP contribution in [0.25, 0.3) is 0 Å². The molecule has 0 atom stereocenters. The van der Waals surface area contributed by atoms with Crippen LogP contribution in [0.2, 0.25) is 0 Å². The number of anilines is 1. The van der Waals surface area contributed by atoms with Crippen molar-refractivity contribution in [2.75, 3.05) is 31.3 Å². The van der Waals surface area contributed by atoms with Gasteiger partial charge in [-0.2, -0.15) is 0 Å². The maximum absolute atomic E-state index is 12.6. The summed E-state index contributed by atoms with van der Waals surface area (Å²) in [5, 5.41) is 0. The first-order valence-corrected chi connectivity index (χ1v) is 9.97. The number of ether oxygens (including phenoxy) is 1. The highest BCUT2D eigenvalue weighted by atomic mass is 32.2. The molecule has 26 heavy (non-hydrogen) atoms. The van der Waals surface area contributed by atoms with Crippen LogP contribution in [0, 0.1) is 6.92 Å². The highest BCUT2D eigenvalue weighted by Gasteiger charge is 2.23. The Morgan fingerprint density at radius 3 is 2.35 bits per heavy atom. The number of carbonyl (C=O) groups excluding carboxylic acids is 1. The summed E-state index contributed by atoms with van der Waals surface area (Å²) in [5.41, 5.74) is 2.52. The zero-order chi connectivity index (χ0) is 19.3. The van der Waals surface area contributed by atoms with E-state index in [2.05, 4.69) is 0 Å². The molecule has 2 aromatic rings. The molecule has 0 radical (unpaired) electrons. The molecule has 0 spiro atoms. The lowest BCUT2D eigenvalue weighted by molar-refractivity contribution is -0.128.